The van der Waals surface area contributed by atoms with Gasteiger partial charge in [-0.05, 0) is 36.0 Å². The molecule has 0 aliphatic rings. The van der Waals surface area contributed by atoms with Gasteiger partial charge in [0.05, 0.1) is 4.88 Å². The highest BCUT2D eigenvalue weighted by Crippen LogP contribution is 2.37. The molecule has 0 aliphatic carbocycles. The highest BCUT2D eigenvalue weighted by molar-refractivity contribution is 7.19. The first-order valence-corrected chi connectivity index (χ1v) is 9.12. The van der Waals surface area contributed by atoms with Crippen LogP contribution in [0.3, 0.4) is 0 Å². The molecule has 4 rings (SSSR count). The van der Waals surface area contributed by atoms with Crippen molar-refractivity contribution in [3.05, 3.63) is 90.5 Å². The highest BCUT2D eigenvalue weighted by Gasteiger charge is 2.19. The van der Waals surface area contributed by atoms with Gasteiger partial charge >= 0.3 is 5.13 Å². The first-order chi connectivity index (χ1) is 12.3. The largest absolute Gasteiger partial charge is 1.00 e. The van der Waals surface area contributed by atoms with Crippen LogP contribution in [-0.2, 0) is 0 Å². The Balaban J connectivity index is 0.00000196. The van der Waals surface area contributed by atoms with Gasteiger partial charge in [-0.1, -0.05) is 78.4 Å². The molecule has 3 aromatic carbocycles. The maximum absolute atomic E-state index is 3.57. The summed E-state index contributed by atoms with van der Waals surface area (Å²) in [5.41, 5.74) is 5.91. The number of hydrogen-bond donors (Lipinski definition) is 1. The number of H-pyrrole nitrogens is 1. The molecule has 2 nitrogen and oxygen atoms in total. The maximum atomic E-state index is 3.57. The fourth-order valence-electron chi connectivity index (χ4n) is 2.77. The lowest BCUT2D eigenvalue weighted by Crippen LogP contribution is -3.00. The summed E-state index contributed by atoms with van der Waals surface area (Å²) in [7, 11) is 0. The number of benzene rings is 3. The zero-order chi connectivity index (χ0) is 17.1. The van der Waals surface area contributed by atoms with Crippen LogP contribution in [0.1, 0.15) is 5.56 Å². The summed E-state index contributed by atoms with van der Waals surface area (Å²) in [5.74, 6) is 0. The summed E-state index contributed by atoms with van der Waals surface area (Å²) >= 11 is 1.74. The third-order valence-corrected chi connectivity index (χ3v) is 5.13. The van der Waals surface area contributed by atoms with Gasteiger partial charge < -0.3 is 17.0 Å². The lowest BCUT2D eigenvalue weighted by molar-refractivity contribution is -0.340. The molecule has 2 N–H and O–H groups in total. The molecule has 0 atom stereocenters. The Hall–Kier alpha value is -2.43. The zero-order valence-corrected chi connectivity index (χ0v) is 16.8. The van der Waals surface area contributed by atoms with Crippen LogP contribution in [0.25, 0.3) is 21.7 Å². The second-order valence-electron chi connectivity index (χ2n) is 5.98. The fraction of sp³-hybridized carbons (Fsp3) is 0.0455. The van der Waals surface area contributed by atoms with Crippen molar-refractivity contribution in [1.29, 1.82) is 0 Å². The van der Waals surface area contributed by atoms with Crippen LogP contribution in [0.2, 0.25) is 0 Å². The molecule has 0 saturated carbocycles. The van der Waals surface area contributed by atoms with E-state index in [1.807, 2.05) is 18.2 Å². The van der Waals surface area contributed by atoms with Crippen LogP contribution in [0.15, 0.2) is 84.9 Å². The Bertz CT molecular complexity index is 964. The first-order valence-electron chi connectivity index (χ1n) is 8.30. The van der Waals surface area contributed by atoms with Gasteiger partial charge in [-0.2, -0.15) is 0 Å². The van der Waals surface area contributed by atoms with E-state index in [1.165, 1.54) is 21.6 Å². The molecular weight excluding hydrogens is 404 g/mol. The summed E-state index contributed by atoms with van der Waals surface area (Å²) in [6, 6.07) is 29.4. The predicted octanol–water partition coefficient (Wildman–Crippen LogP) is 2.95. The van der Waals surface area contributed by atoms with Crippen LogP contribution >= 0.6 is 11.3 Å². The van der Waals surface area contributed by atoms with Gasteiger partial charge in [0.2, 0.25) is 0 Å². The van der Waals surface area contributed by atoms with E-state index in [2.05, 4.69) is 84.0 Å². The molecule has 130 valence electrons. The van der Waals surface area contributed by atoms with E-state index < -0.39 is 0 Å². The standard InChI is InChI=1S/C22H18N2S.BrH/c1-16-12-14-17(15-13-16)20-21(18-8-4-2-5-9-18)25-22(24-20)23-19-10-6-3-7-11-19;/h2-15H,1H3,(H,23,24);1H. The third-order valence-electron chi connectivity index (χ3n) is 4.08. The quantitative estimate of drug-likeness (QED) is 0.537. The van der Waals surface area contributed by atoms with E-state index >= 15 is 0 Å². The number of para-hydroxylation sites is 1. The van der Waals surface area contributed by atoms with Gasteiger partial charge in [-0.25, -0.2) is 10.3 Å². The van der Waals surface area contributed by atoms with E-state index in [-0.39, 0.29) is 17.0 Å². The molecule has 0 amide bonds. The van der Waals surface area contributed by atoms with E-state index in [1.54, 1.807) is 11.3 Å². The van der Waals surface area contributed by atoms with Crippen molar-refractivity contribution < 1.29 is 22.0 Å². The number of aryl methyl sites for hydroxylation is 1. The van der Waals surface area contributed by atoms with Crippen LogP contribution in [0.4, 0.5) is 10.8 Å². The number of halogens is 1. The molecule has 26 heavy (non-hydrogen) atoms. The lowest BCUT2D eigenvalue weighted by atomic mass is 10.1. The summed E-state index contributed by atoms with van der Waals surface area (Å²) in [5, 5.41) is 4.51. The summed E-state index contributed by atoms with van der Waals surface area (Å²) in [4.78, 5) is 4.81. The molecule has 0 radical (unpaired) electrons. The van der Waals surface area contributed by atoms with Gasteiger partial charge in [0.1, 0.15) is 5.69 Å². The van der Waals surface area contributed by atoms with Gasteiger partial charge in [-0.15, -0.1) is 0 Å². The summed E-state index contributed by atoms with van der Waals surface area (Å²) in [6.45, 7) is 2.11. The molecule has 0 bridgehead atoms. The minimum Gasteiger partial charge on any atom is -1.00 e. The number of anilines is 2. The zero-order valence-electron chi connectivity index (χ0n) is 14.4. The highest BCUT2D eigenvalue weighted by atomic mass is 79.9. The summed E-state index contributed by atoms with van der Waals surface area (Å²) < 4.78 is 0. The number of rotatable bonds is 4. The van der Waals surface area contributed by atoms with E-state index in [0.717, 1.165) is 16.5 Å². The fourth-order valence-corrected chi connectivity index (χ4v) is 3.83. The van der Waals surface area contributed by atoms with Crippen molar-refractivity contribution in [3.8, 4) is 21.7 Å². The first kappa shape index (κ1) is 18.4. The normalized spacial score (nSPS) is 10.2. The number of aromatic nitrogens is 1. The van der Waals surface area contributed by atoms with E-state index in [4.69, 9.17) is 0 Å². The molecule has 0 spiro atoms. The number of nitrogens with one attached hydrogen (secondary N) is 2. The van der Waals surface area contributed by atoms with Crippen molar-refractivity contribution in [2.75, 3.05) is 5.32 Å². The molecule has 0 unspecified atom stereocenters. The van der Waals surface area contributed by atoms with Crippen LogP contribution in [0.5, 0.6) is 0 Å². The topological polar surface area (TPSA) is 26.2 Å². The number of thiazole rings is 1. The van der Waals surface area contributed by atoms with Gasteiger partial charge in [0, 0.05) is 5.56 Å². The predicted molar refractivity (Wildman–Crippen MR) is 106 cm³/mol. The monoisotopic (exact) mass is 422 g/mol. The van der Waals surface area contributed by atoms with E-state index in [0.29, 0.717) is 0 Å². The number of aromatic amines is 1. The molecule has 0 aliphatic heterocycles. The van der Waals surface area contributed by atoms with Crippen molar-refractivity contribution >= 4 is 22.2 Å². The minimum atomic E-state index is 0. The van der Waals surface area contributed by atoms with Crippen molar-refractivity contribution in [3.63, 3.8) is 0 Å². The van der Waals surface area contributed by atoms with Crippen LogP contribution < -0.4 is 27.3 Å². The number of hydrogen-bond acceptors (Lipinski definition) is 2. The van der Waals surface area contributed by atoms with Crippen molar-refractivity contribution in [2.45, 2.75) is 6.92 Å². The van der Waals surface area contributed by atoms with Crippen LogP contribution in [0, 0.1) is 6.92 Å². The SMILES string of the molecule is Cc1ccc(-c2[nH+]c(Nc3ccccc3)sc2-c2ccccc2)cc1.[Br-]. The van der Waals surface area contributed by atoms with Crippen molar-refractivity contribution in [1.82, 2.24) is 0 Å². The summed E-state index contributed by atoms with van der Waals surface area (Å²) in [6.07, 6.45) is 0. The minimum absolute atomic E-state index is 0. The van der Waals surface area contributed by atoms with Crippen LogP contribution in [-0.4, -0.2) is 0 Å². The maximum Gasteiger partial charge on any atom is 0.337 e. The van der Waals surface area contributed by atoms with Gasteiger partial charge in [0.25, 0.3) is 0 Å². The Morgan fingerprint density at radius 3 is 2.00 bits per heavy atom. The Labute approximate surface area is 168 Å². The Morgan fingerprint density at radius 2 is 1.35 bits per heavy atom. The lowest BCUT2D eigenvalue weighted by Gasteiger charge is -2.01. The average molecular weight is 423 g/mol. The smallest absolute Gasteiger partial charge is 0.337 e. The second kappa shape index (κ2) is 8.30. The second-order valence-corrected chi connectivity index (χ2v) is 7.00. The Kier molecular flexibility index (Phi) is 5.86. The molecule has 0 fully saturated rings. The molecule has 0 saturated heterocycles. The van der Waals surface area contributed by atoms with Gasteiger partial charge in [-0.3, -0.25) is 0 Å². The molecule has 4 heteroatoms. The molecule has 1 heterocycles. The molecular formula is C22H19BrN2S. The molecule has 1 aromatic heterocycles. The van der Waals surface area contributed by atoms with E-state index in [9.17, 15) is 0 Å². The van der Waals surface area contributed by atoms with Crippen molar-refractivity contribution in [2.24, 2.45) is 0 Å². The Morgan fingerprint density at radius 1 is 0.731 bits per heavy atom. The third kappa shape index (κ3) is 4.03. The average Bonchev–Trinajstić information content (AvgIpc) is 3.08. The van der Waals surface area contributed by atoms with Gasteiger partial charge in [0.15, 0.2) is 5.69 Å². The molecule has 4 aromatic rings.